The van der Waals surface area contributed by atoms with Crippen molar-refractivity contribution in [1.29, 1.82) is 0 Å². The van der Waals surface area contributed by atoms with Crippen LogP contribution in [0.1, 0.15) is 66.2 Å². The molecule has 0 radical (unpaired) electrons. The van der Waals surface area contributed by atoms with E-state index in [1.807, 2.05) is 20.8 Å². The van der Waals surface area contributed by atoms with Gasteiger partial charge < -0.3 is 14.6 Å². The van der Waals surface area contributed by atoms with Gasteiger partial charge in [-0.2, -0.15) is 0 Å². The van der Waals surface area contributed by atoms with Crippen molar-refractivity contribution in [2.75, 3.05) is 6.61 Å². The second-order valence-corrected chi connectivity index (χ2v) is 6.40. The van der Waals surface area contributed by atoms with Crippen molar-refractivity contribution < 1.29 is 19.4 Å². The van der Waals surface area contributed by atoms with Gasteiger partial charge in [-0.15, -0.1) is 0 Å². The van der Waals surface area contributed by atoms with E-state index >= 15 is 0 Å². The number of aliphatic hydroxyl groups is 1. The zero-order valence-corrected chi connectivity index (χ0v) is 12.7. The lowest BCUT2D eigenvalue weighted by Crippen LogP contribution is -2.24. The van der Waals surface area contributed by atoms with Crippen LogP contribution in [-0.4, -0.2) is 35.0 Å². The van der Waals surface area contributed by atoms with Gasteiger partial charge in [-0.25, -0.2) is 0 Å². The first-order chi connectivity index (χ1) is 8.83. The first kappa shape index (κ1) is 16.4. The summed E-state index contributed by atoms with van der Waals surface area (Å²) in [5.74, 6) is -0.153. The lowest BCUT2D eigenvalue weighted by atomic mass is 9.92. The van der Waals surface area contributed by atoms with Crippen molar-refractivity contribution in [1.82, 2.24) is 0 Å². The minimum absolute atomic E-state index is 0.0299. The van der Waals surface area contributed by atoms with E-state index in [1.165, 1.54) is 0 Å². The first-order valence-electron chi connectivity index (χ1n) is 7.33. The summed E-state index contributed by atoms with van der Waals surface area (Å²) < 4.78 is 10.9. The molecule has 0 spiro atoms. The van der Waals surface area contributed by atoms with Crippen LogP contribution in [0.3, 0.4) is 0 Å². The van der Waals surface area contributed by atoms with Gasteiger partial charge in [-0.1, -0.05) is 19.8 Å². The van der Waals surface area contributed by atoms with Gasteiger partial charge in [0, 0.05) is 6.42 Å². The Morgan fingerprint density at radius 2 is 1.95 bits per heavy atom. The number of esters is 1. The highest BCUT2D eigenvalue weighted by molar-refractivity contribution is 5.69. The Morgan fingerprint density at radius 3 is 2.42 bits per heavy atom. The summed E-state index contributed by atoms with van der Waals surface area (Å²) in [6.07, 6.45) is 5.18. The summed E-state index contributed by atoms with van der Waals surface area (Å²) in [7, 11) is 0. The smallest absolute Gasteiger partial charge is 0.306 e. The van der Waals surface area contributed by atoms with Crippen LogP contribution in [0.4, 0.5) is 0 Å². The molecular weight excluding hydrogens is 244 g/mol. The maximum atomic E-state index is 11.6. The number of carbonyl (C=O) groups excluding carboxylic acids is 1. The number of carbonyl (C=O) groups is 1. The fraction of sp³-hybridized carbons (Fsp3) is 0.933. The van der Waals surface area contributed by atoms with Crippen LogP contribution >= 0.6 is 0 Å². The van der Waals surface area contributed by atoms with Crippen LogP contribution in [0.15, 0.2) is 0 Å². The molecule has 1 rings (SSSR count). The molecule has 1 N–H and O–H groups in total. The maximum Gasteiger partial charge on any atom is 0.306 e. The molecule has 1 heterocycles. The van der Waals surface area contributed by atoms with E-state index in [0.717, 1.165) is 32.1 Å². The third-order valence-corrected chi connectivity index (χ3v) is 3.43. The molecule has 4 nitrogen and oxygen atoms in total. The number of aliphatic hydroxyl groups excluding tert-OH is 1. The van der Waals surface area contributed by atoms with Crippen molar-refractivity contribution in [2.45, 2.75) is 83.5 Å². The molecule has 0 saturated carbocycles. The van der Waals surface area contributed by atoms with Gasteiger partial charge in [-0.3, -0.25) is 4.79 Å². The van der Waals surface area contributed by atoms with E-state index in [-0.39, 0.29) is 24.3 Å². The standard InChI is InChI=1S/C15H28O4/c1-5-6-9-15(12(11-16)18-15)10-7-8-13(17)19-14(2,3)4/h12,16H,5-11H2,1-4H3/t12-,15-/m0/s1. The number of epoxide rings is 1. The predicted octanol–water partition coefficient (Wildman–Crippen LogP) is 2.82. The van der Waals surface area contributed by atoms with Gasteiger partial charge in [0.2, 0.25) is 0 Å². The molecular formula is C15H28O4. The van der Waals surface area contributed by atoms with Crippen molar-refractivity contribution in [3.8, 4) is 0 Å². The molecule has 2 atom stereocenters. The zero-order valence-electron chi connectivity index (χ0n) is 12.7. The Bertz CT molecular complexity index is 295. The van der Waals surface area contributed by atoms with Crippen LogP contribution in [0, 0.1) is 0 Å². The molecule has 0 aromatic heterocycles. The normalized spacial score (nSPS) is 26.3. The molecule has 1 saturated heterocycles. The van der Waals surface area contributed by atoms with Crippen LogP contribution < -0.4 is 0 Å². The monoisotopic (exact) mass is 272 g/mol. The molecule has 1 fully saturated rings. The molecule has 19 heavy (non-hydrogen) atoms. The minimum atomic E-state index is -0.416. The second kappa shape index (κ2) is 6.71. The van der Waals surface area contributed by atoms with Crippen LogP contribution in [-0.2, 0) is 14.3 Å². The van der Waals surface area contributed by atoms with E-state index in [2.05, 4.69) is 6.92 Å². The van der Waals surface area contributed by atoms with Gasteiger partial charge in [0.05, 0.1) is 12.2 Å². The number of rotatable bonds is 8. The highest BCUT2D eigenvalue weighted by atomic mass is 16.6. The third kappa shape index (κ3) is 5.49. The number of ether oxygens (including phenoxy) is 2. The molecule has 0 aromatic carbocycles. The average Bonchev–Trinajstić information content (AvgIpc) is 2.98. The summed E-state index contributed by atoms with van der Waals surface area (Å²) in [6, 6.07) is 0. The van der Waals surface area contributed by atoms with Crippen molar-refractivity contribution in [2.24, 2.45) is 0 Å². The van der Waals surface area contributed by atoms with E-state index in [4.69, 9.17) is 9.47 Å². The van der Waals surface area contributed by atoms with E-state index in [1.54, 1.807) is 0 Å². The number of hydrogen-bond acceptors (Lipinski definition) is 4. The van der Waals surface area contributed by atoms with Crippen molar-refractivity contribution in [3.63, 3.8) is 0 Å². The average molecular weight is 272 g/mol. The molecule has 0 aliphatic carbocycles. The fourth-order valence-electron chi connectivity index (χ4n) is 2.42. The molecule has 0 bridgehead atoms. The van der Waals surface area contributed by atoms with Gasteiger partial charge in [0.25, 0.3) is 0 Å². The van der Waals surface area contributed by atoms with E-state index < -0.39 is 5.60 Å². The fourth-order valence-corrected chi connectivity index (χ4v) is 2.42. The maximum absolute atomic E-state index is 11.6. The van der Waals surface area contributed by atoms with Gasteiger partial charge >= 0.3 is 5.97 Å². The Labute approximate surface area is 116 Å². The summed E-state index contributed by atoms with van der Waals surface area (Å²) in [4.78, 5) is 11.6. The summed E-state index contributed by atoms with van der Waals surface area (Å²) >= 11 is 0. The molecule has 1 aliphatic rings. The lowest BCUT2D eigenvalue weighted by molar-refractivity contribution is -0.154. The highest BCUT2D eigenvalue weighted by Crippen LogP contribution is 2.44. The quantitative estimate of drug-likeness (QED) is 0.545. The molecule has 0 unspecified atom stereocenters. The third-order valence-electron chi connectivity index (χ3n) is 3.43. The van der Waals surface area contributed by atoms with E-state index in [9.17, 15) is 9.90 Å². The van der Waals surface area contributed by atoms with E-state index in [0.29, 0.717) is 6.42 Å². The lowest BCUT2D eigenvalue weighted by Gasteiger charge is -2.19. The highest BCUT2D eigenvalue weighted by Gasteiger charge is 2.54. The number of unbranched alkanes of at least 4 members (excludes halogenated alkanes) is 1. The minimum Gasteiger partial charge on any atom is -0.460 e. The van der Waals surface area contributed by atoms with Crippen LogP contribution in [0.5, 0.6) is 0 Å². The Kier molecular flexibility index (Phi) is 5.81. The van der Waals surface area contributed by atoms with Gasteiger partial charge in [0.15, 0.2) is 0 Å². The Hall–Kier alpha value is -0.610. The molecule has 0 amide bonds. The van der Waals surface area contributed by atoms with Crippen molar-refractivity contribution >= 4 is 5.97 Å². The summed E-state index contributed by atoms with van der Waals surface area (Å²) in [5, 5.41) is 9.19. The first-order valence-corrected chi connectivity index (χ1v) is 7.33. The number of hydrogen-bond donors (Lipinski definition) is 1. The van der Waals surface area contributed by atoms with Crippen LogP contribution in [0.25, 0.3) is 0 Å². The zero-order chi connectivity index (χ0) is 14.5. The summed E-state index contributed by atoms with van der Waals surface area (Å²) in [5.41, 5.74) is -0.590. The topological polar surface area (TPSA) is 59.1 Å². The molecule has 0 aromatic rings. The SMILES string of the molecule is CCCC[C@@]1(CCCC(=O)OC(C)(C)C)O[C@H]1CO. The predicted molar refractivity (Wildman–Crippen MR) is 73.9 cm³/mol. The van der Waals surface area contributed by atoms with Gasteiger partial charge in [0.1, 0.15) is 11.7 Å². The largest absolute Gasteiger partial charge is 0.460 e. The Balaban J connectivity index is 2.28. The summed E-state index contributed by atoms with van der Waals surface area (Å²) in [6.45, 7) is 7.85. The van der Waals surface area contributed by atoms with Crippen molar-refractivity contribution in [3.05, 3.63) is 0 Å². The van der Waals surface area contributed by atoms with Gasteiger partial charge in [-0.05, 0) is 40.0 Å². The molecule has 4 heteroatoms. The molecule has 112 valence electrons. The Morgan fingerprint density at radius 1 is 1.32 bits per heavy atom. The molecule has 1 aliphatic heterocycles. The van der Waals surface area contributed by atoms with Crippen LogP contribution in [0.2, 0.25) is 0 Å². The second-order valence-electron chi connectivity index (χ2n) is 6.40.